The van der Waals surface area contributed by atoms with Gasteiger partial charge in [-0.3, -0.25) is 14.6 Å². The minimum Gasteiger partial charge on any atom is -0.457 e. The van der Waals surface area contributed by atoms with Crippen LogP contribution in [0.4, 0.5) is 11.5 Å². The number of carbonyl (C=O) groups is 2. The van der Waals surface area contributed by atoms with Crippen LogP contribution < -0.4 is 15.4 Å². The molecule has 0 aliphatic carbocycles. The van der Waals surface area contributed by atoms with Gasteiger partial charge < -0.3 is 19.9 Å². The largest absolute Gasteiger partial charge is 0.457 e. The van der Waals surface area contributed by atoms with Gasteiger partial charge in [-0.1, -0.05) is 31.8 Å². The molecule has 176 valence electrons. The van der Waals surface area contributed by atoms with Crippen LogP contribution in [-0.2, 0) is 10.2 Å². The fraction of sp³-hybridized carbons (Fsp3) is 0.185. The van der Waals surface area contributed by atoms with Crippen LogP contribution in [0.25, 0.3) is 10.9 Å². The van der Waals surface area contributed by atoms with Gasteiger partial charge >= 0.3 is 0 Å². The molecule has 2 heterocycles. The Hall–Kier alpha value is -4.64. The van der Waals surface area contributed by atoms with E-state index in [0.717, 1.165) is 5.39 Å². The monoisotopic (exact) mass is 468 g/mol. The lowest BCUT2D eigenvalue weighted by molar-refractivity contribution is -0.111. The third-order valence-electron chi connectivity index (χ3n) is 5.03. The van der Waals surface area contributed by atoms with Gasteiger partial charge in [0, 0.05) is 34.3 Å². The molecule has 0 atom stereocenters. The number of ether oxygens (including phenoxy) is 1. The van der Waals surface area contributed by atoms with E-state index < -0.39 is 5.91 Å². The summed E-state index contributed by atoms with van der Waals surface area (Å²) >= 11 is 0. The van der Waals surface area contributed by atoms with Crippen molar-refractivity contribution in [1.29, 1.82) is 0 Å². The van der Waals surface area contributed by atoms with Crippen LogP contribution in [0.15, 0.2) is 65.3 Å². The first-order valence-electron chi connectivity index (χ1n) is 10.9. The molecule has 0 spiro atoms. The normalized spacial score (nSPS) is 10.9. The van der Waals surface area contributed by atoms with Crippen molar-refractivity contribution in [3.8, 4) is 23.3 Å². The van der Waals surface area contributed by atoms with E-state index in [-0.39, 0.29) is 11.3 Å². The quantitative estimate of drug-likeness (QED) is 0.373. The highest BCUT2D eigenvalue weighted by Crippen LogP contribution is 2.31. The number of pyridine rings is 1. The minimum atomic E-state index is -0.396. The second-order valence-corrected chi connectivity index (χ2v) is 8.78. The number of fused-ring (bicyclic) bond motifs is 1. The van der Waals surface area contributed by atoms with Crippen LogP contribution in [0.3, 0.4) is 0 Å². The van der Waals surface area contributed by atoms with Crippen LogP contribution in [0, 0.1) is 11.8 Å². The van der Waals surface area contributed by atoms with Crippen molar-refractivity contribution in [2.45, 2.75) is 33.1 Å². The number of amides is 2. The number of nitrogens with zero attached hydrogens (tertiary/aromatic N) is 2. The Morgan fingerprint density at radius 2 is 1.77 bits per heavy atom. The van der Waals surface area contributed by atoms with Crippen molar-refractivity contribution < 1.29 is 18.8 Å². The van der Waals surface area contributed by atoms with Gasteiger partial charge in [0.2, 0.25) is 0 Å². The van der Waals surface area contributed by atoms with Crippen molar-refractivity contribution in [2.75, 3.05) is 10.6 Å². The predicted molar refractivity (Wildman–Crippen MR) is 133 cm³/mol. The number of hydrogen-bond donors (Lipinski definition) is 2. The van der Waals surface area contributed by atoms with E-state index in [1.54, 1.807) is 67.7 Å². The summed E-state index contributed by atoms with van der Waals surface area (Å²) in [5.74, 6) is 6.44. The lowest BCUT2D eigenvalue weighted by atomic mass is 9.93. The fourth-order valence-electron chi connectivity index (χ4n) is 3.24. The highest BCUT2D eigenvalue weighted by atomic mass is 16.5. The van der Waals surface area contributed by atoms with Gasteiger partial charge in [-0.25, -0.2) is 0 Å². The number of benzene rings is 2. The molecular formula is C27H24N4O4. The number of rotatable bonds is 5. The van der Waals surface area contributed by atoms with Crippen LogP contribution in [0.1, 0.15) is 43.8 Å². The van der Waals surface area contributed by atoms with E-state index in [1.165, 1.54) is 0 Å². The third kappa shape index (κ3) is 5.65. The maximum Gasteiger partial charge on any atom is 0.300 e. The SMILES string of the molecule is CC#CC(=O)Nc1ccc2nccc(Oc3ccc(C(=O)Nc4cc(C(C)(C)C)on4)cc3)c2c1. The highest BCUT2D eigenvalue weighted by Gasteiger charge is 2.20. The molecule has 2 aromatic heterocycles. The predicted octanol–water partition coefficient (Wildman–Crippen LogP) is 5.53. The summed E-state index contributed by atoms with van der Waals surface area (Å²) in [5, 5.41) is 10.1. The van der Waals surface area contributed by atoms with Gasteiger partial charge in [-0.15, -0.1) is 0 Å². The number of nitrogens with one attached hydrogen (secondary N) is 2. The molecule has 35 heavy (non-hydrogen) atoms. The molecule has 0 aliphatic rings. The lowest BCUT2D eigenvalue weighted by Gasteiger charge is -2.12. The first-order valence-corrected chi connectivity index (χ1v) is 10.9. The van der Waals surface area contributed by atoms with Gasteiger partial charge in [0.25, 0.3) is 11.8 Å². The molecule has 0 radical (unpaired) electrons. The van der Waals surface area contributed by atoms with Crippen molar-refractivity contribution in [1.82, 2.24) is 10.1 Å². The Morgan fingerprint density at radius 3 is 2.46 bits per heavy atom. The van der Waals surface area contributed by atoms with E-state index in [2.05, 4.69) is 32.6 Å². The zero-order valence-corrected chi connectivity index (χ0v) is 19.8. The van der Waals surface area contributed by atoms with Crippen LogP contribution in [0.2, 0.25) is 0 Å². The van der Waals surface area contributed by atoms with Gasteiger partial charge in [0.15, 0.2) is 5.82 Å². The molecule has 0 saturated carbocycles. The molecule has 2 aromatic carbocycles. The average molecular weight is 469 g/mol. The molecule has 4 aromatic rings. The molecule has 0 fully saturated rings. The fourth-order valence-corrected chi connectivity index (χ4v) is 3.24. The van der Waals surface area contributed by atoms with Gasteiger partial charge in [-0.05, 0) is 61.4 Å². The molecule has 0 aliphatic heterocycles. The van der Waals surface area contributed by atoms with Crippen LogP contribution in [0.5, 0.6) is 11.5 Å². The Labute approximate surface area is 202 Å². The summed E-state index contributed by atoms with van der Waals surface area (Å²) in [6.07, 6.45) is 1.64. The molecule has 8 nitrogen and oxygen atoms in total. The summed E-state index contributed by atoms with van der Waals surface area (Å²) < 4.78 is 11.4. The smallest absolute Gasteiger partial charge is 0.300 e. The topological polar surface area (TPSA) is 106 Å². The summed E-state index contributed by atoms with van der Waals surface area (Å²) in [6.45, 7) is 7.60. The van der Waals surface area contributed by atoms with Gasteiger partial charge in [0.05, 0.1) is 5.52 Å². The van der Waals surface area contributed by atoms with Crippen molar-refractivity contribution in [3.63, 3.8) is 0 Å². The molecule has 0 bridgehead atoms. The Balaban J connectivity index is 1.49. The number of anilines is 2. The third-order valence-corrected chi connectivity index (χ3v) is 5.03. The molecule has 4 rings (SSSR count). The molecule has 0 unspecified atom stereocenters. The summed E-state index contributed by atoms with van der Waals surface area (Å²) in [4.78, 5) is 28.7. The van der Waals surface area contributed by atoms with Crippen LogP contribution in [-0.4, -0.2) is 22.0 Å². The van der Waals surface area contributed by atoms with Gasteiger partial charge in [0.1, 0.15) is 17.3 Å². The molecule has 2 N–H and O–H groups in total. The maximum absolute atomic E-state index is 12.6. The van der Waals surface area contributed by atoms with E-state index in [1.807, 2.05) is 20.8 Å². The second-order valence-electron chi connectivity index (χ2n) is 8.78. The number of hydrogen-bond acceptors (Lipinski definition) is 6. The summed E-state index contributed by atoms with van der Waals surface area (Å²) in [6, 6.07) is 15.5. The molecule has 0 saturated heterocycles. The summed E-state index contributed by atoms with van der Waals surface area (Å²) in [5.41, 5.74) is 1.53. The molecular weight excluding hydrogens is 444 g/mol. The standard InChI is InChI=1S/C27H24N4O4/c1-5-6-25(32)29-18-9-12-21-20(15-18)22(13-14-28-21)34-19-10-7-17(8-11-19)26(33)30-24-16-23(35-31-24)27(2,3)4/h7-16H,1-4H3,(H,29,32)(H,30,31,33). The van der Waals surface area contributed by atoms with Crippen molar-refractivity contribution >= 4 is 34.2 Å². The van der Waals surface area contributed by atoms with Crippen LogP contribution >= 0.6 is 0 Å². The van der Waals surface area contributed by atoms with Crippen molar-refractivity contribution in [3.05, 3.63) is 72.1 Å². The first-order chi connectivity index (χ1) is 16.7. The highest BCUT2D eigenvalue weighted by molar-refractivity contribution is 6.05. The van der Waals surface area contributed by atoms with E-state index in [9.17, 15) is 9.59 Å². The zero-order valence-electron chi connectivity index (χ0n) is 19.8. The van der Waals surface area contributed by atoms with E-state index in [4.69, 9.17) is 9.26 Å². The molecule has 2 amide bonds. The van der Waals surface area contributed by atoms with E-state index in [0.29, 0.717) is 39.8 Å². The second kappa shape index (κ2) is 9.69. The lowest BCUT2D eigenvalue weighted by Crippen LogP contribution is -2.12. The number of carbonyl (C=O) groups excluding carboxylic acids is 2. The average Bonchev–Trinajstić information content (AvgIpc) is 3.29. The Bertz CT molecular complexity index is 1450. The Kier molecular flexibility index (Phi) is 6.51. The summed E-state index contributed by atoms with van der Waals surface area (Å²) in [7, 11) is 0. The molecule has 8 heteroatoms. The maximum atomic E-state index is 12.6. The first kappa shape index (κ1) is 23.5. The zero-order chi connectivity index (χ0) is 25.0. The minimum absolute atomic E-state index is 0.206. The number of aromatic nitrogens is 2. The van der Waals surface area contributed by atoms with E-state index >= 15 is 0 Å². The van der Waals surface area contributed by atoms with Crippen molar-refractivity contribution in [2.24, 2.45) is 0 Å². The van der Waals surface area contributed by atoms with Gasteiger partial charge in [-0.2, -0.15) is 0 Å². The Morgan fingerprint density at radius 1 is 1.00 bits per heavy atom.